The summed E-state index contributed by atoms with van der Waals surface area (Å²) in [5, 5.41) is 2.80. The Kier molecular flexibility index (Phi) is 9.07. The molecule has 0 aromatic carbocycles. The summed E-state index contributed by atoms with van der Waals surface area (Å²) in [5.41, 5.74) is 0. The van der Waals surface area contributed by atoms with E-state index in [1.165, 1.54) is 0 Å². The zero-order chi connectivity index (χ0) is 11.5. The van der Waals surface area contributed by atoms with Gasteiger partial charge in [0.25, 0.3) is 0 Å². The van der Waals surface area contributed by atoms with Crippen molar-refractivity contribution in [3.63, 3.8) is 0 Å². The summed E-state index contributed by atoms with van der Waals surface area (Å²) in [6, 6.07) is 0. The van der Waals surface area contributed by atoms with Gasteiger partial charge < -0.3 is 15.0 Å². The van der Waals surface area contributed by atoms with Crippen LogP contribution in [0, 0.1) is 0 Å². The van der Waals surface area contributed by atoms with Crippen LogP contribution >= 0.6 is 0 Å². The number of nitrogens with zero attached hydrogens (tertiary/aromatic N) is 1. The van der Waals surface area contributed by atoms with Gasteiger partial charge in [0, 0.05) is 19.4 Å². The molecule has 0 fully saturated rings. The Bertz CT molecular complexity index is 179. The molecule has 0 aliphatic heterocycles. The number of rotatable bonds is 9. The first-order valence-electron chi connectivity index (χ1n) is 5.67. The molecule has 0 bridgehead atoms. The van der Waals surface area contributed by atoms with Gasteiger partial charge in [0.15, 0.2) is 0 Å². The van der Waals surface area contributed by atoms with E-state index in [0.29, 0.717) is 19.4 Å². The molecule has 15 heavy (non-hydrogen) atoms. The molecule has 0 radical (unpaired) electrons. The van der Waals surface area contributed by atoms with Crippen molar-refractivity contribution in [1.29, 1.82) is 0 Å². The first-order valence-corrected chi connectivity index (χ1v) is 5.67. The SMILES string of the molecule is CCN(CC)CCCNC(=O)CCC=O. The third-order valence-electron chi connectivity index (χ3n) is 2.36. The van der Waals surface area contributed by atoms with Gasteiger partial charge in [-0.05, 0) is 26.1 Å². The molecule has 0 unspecified atom stereocenters. The molecule has 0 aliphatic rings. The Balaban J connectivity index is 3.36. The maximum Gasteiger partial charge on any atom is 0.220 e. The maximum atomic E-state index is 11.1. The smallest absolute Gasteiger partial charge is 0.220 e. The highest BCUT2D eigenvalue weighted by atomic mass is 16.1. The monoisotopic (exact) mass is 214 g/mol. The lowest BCUT2D eigenvalue weighted by atomic mass is 10.3. The third-order valence-corrected chi connectivity index (χ3v) is 2.36. The lowest BCUT2D eigenvalue weighted by Gasteiger charge is -2.17. The summed E-state index contributed by atoms with van der Waals surface area (Å²) >= 11 is 0. The van der Waals surface area contributed by atoms with Crippen molar-refractivity contribution in [3.05, 3.63) is 0 Å². The topological polar surface area (TPSA) is 49.4 Å². The van der Waals surface area contributed by atoms with E-state index >= 15 is 0 Å². The van der Waals surface area contributed by atoms with Gasteiger partial charge in [-0.15, -0.1) is 0 Å². The number of carbonyl (C=O) groups is 2. The van der Waals surface area contributed by atoms with Crippen molar-refractivity contribution in [3.8, 4) is 0 Å². The fourth-order valence-electron chi connectivity index (χ4n) is 1.35. The van der Waals surface area contributed by atoms with Crippen LogP contribution in [-0.2, 0) is 9.59 Å². The molecule has 0 aromatic heterocycles. The first-order chi connectivity index (χ1) is 7.24. The minimum atomic E-state index is -0.0263. The average Bonchev–Trinajstić information content (AvgIpc) is 2.26. The minimum Gasteiger partial charge on any atom is -0.356 e. The van der Waals surface area contributed by atoms with Crippen molar-refractivity contribution in [2.24, 2.45) is 0 Å². The fourth-order valence-corrected chi connectivity index (χ4v) is 1.35. The molecule has 4 nitrogen and oxygen atoms in total. The molecule has 0 aliphatic carbocycles. The van der Waals surface area contributed by atoms with E-state index in [4.69, 9.17) is 0 Å². The van der Waals surface area contributed by atoms with Crippen LogP contribution < -0.4 is 5.32 Å². The van der Waals surface area contributed by atoms with E-state index in [2.05, 4.69) is 24.1 Å². The molecule has 88 valence electrons. The fraction of sp³-hybridized carbons (Fsp3) is 0.818. The highest BCUT2D eigenvalue weighted by Crippen LogP contribution is 1.90. The van der Waals surface area contributed by atoms with Crippen LogP contribution in [0.1, 0.15) is 33.1 Å². The number of hydrogen-bond donors (Lipinski definition) is 1. The van der Waals surface area contributed by atoms with Gasteiger partial charge in [-0.2, -0.15) is 0 Å². The Morgan fingerprint density at radius 1 is 1.33 bits per heavy atom. The van der Waals surface area contributed by atoms with Crippen LogP contribution in [0.25, 0.3) is 0 Å². The molecule has 0 rings (SSSR count). The predicted molar refractivity (Wildman–Crippen MR) is 60.7 cm³/mol. The predicted octanol–water partition coefficient (Wildman–Crippen LogP) is 0.814. The summed E-state index contributed by atoms with van der Waals surface area (Å²) in [6.07, 6.45) is 2.38. The van der Waals surface area contributed by atoms with Crippen LogP contribution in [0.5, 0.6) is 0 Å². The summed E-state index contributed by atoms with van der Waals surface area (Å²) in [6.45, 7) is 8.08. The Morgan fingerprint density at radius 2 is 2.00 bits per heavy atom. The highest BCUT2D eigenvalue weighted by Gasteiger charge is 2.01. The molecule has 0 saturated carbocycles. The largest absolute Gasteiger partial charge is 0.356 e. The lowest BCUT2D eigenvalue weighted by Crippen LogP contribution is -2.29. The van der Waals surface area contributed by atoms with Crippen LogP contribution in [0.3, 0.4) is 0 Å². The number of aldehydes is 1. The summed E-state index contributed by atoms with van der Waals surface area (Å²) in [4.78, 5) is 23.4. The molecular formula is C11H22N2O2. The van der Waals surface area contributed by atoms with E-state index in [0.717, 1.165) is 32.3 Å². The Hall–Kier alpha value is -0.900. The molecule has 0 atom stereocenters. The Labute approximate surface area is 92.0 Å². The number of hydrogen-bond acceptors (Lipinski definition) is 3. The first kappa shape index (κ1) is 14.1. The molecule has 1 N–H and O–H groups in total. The van der Waals surface area contributed by atoms with Gasteiger partial charge in [-0.1, -0.05) is 13.8 Å². The van der Waals surface area contributed by atoms with Crippen molar-refractivity contribution >= 4 is 12.2 Å². The van der Waals surface area contributed by atoms with Gasteiger partial charge in [-0.25, -0.2) is 0 Å². The van der Waals surface area contributed by atoms with Crippen LogP contribution in [0.2, 0.25) is 0 Å². The van der Waals surface area contributed by atoms with E-state index in [-0.39, 0.29) is 5.91 Å². The highest BCUT2D eigenvalue weighted by molar-refractivity contribution is 5.77. The van der Waals surface area contributed by atoms with Crippen molar-refractivity contribution in [2.75, 3.05) is 26.2 Å². The number of nitrogens with one attached hydrogen (secondary N) is 1. The van der Waals surface area contributed by atoms with E-state index in [9.17, 15) is 9.59 Å². The van der Waals surface area contributed by atoms with Gasteiger partial charge in [-0.3, -0.25) is 4.79 Å². The maximum absolute atomic E-state index is 11.1. The standard InChI is InChI=1S/C11H22N2O2/c1-3-13(4-2)9-6-8-12-11(15)7-5-10-14/h10H,3-9H2,1-2H3,(H,12,15). The van der Waals surface area contributed by atoms with Gasteiger partial charge in [0.2, 0.25) is 5.91 Å². The quantitative estimate of drug-likeness (QED) is 0.456. The van der Waals surface area contributed by atoms with Crippen molar-refractivity contribution < 1.29 is 9.59 Å². The minimum absolute atomic E-state index is 0.0263. The van der Waals surface area contributed by atoms with E-state index in [1.54, 1.807) is 0 Å². The Morgan fingerprint density at radius 3 is 2.53 bits per heavy atom. The van der Waals surface area contributed by atoms with Crippen LogP contribution in [-0.4, -0.2) is 43.3 Å². The molecule has 4 heteroatoms. The zero-order valence-electron chi connectivity index (χ0n) is 9.79. The molecule has 1 amide bonds. The van der Waals surface area contributed by atoms with Crippen molar-refractivity contribution in [1.82, 2.24) is 10.2 Å². The molecule has 0 aromatic rings. The lowest BCUT2D eigenvalue weighted by molar-refractivity contribution is -0.122. The summed E-state index contributed by atoms with van der Waals surface area (Å²) in [5.74, 6) is -0.0263. The molecule has 0 spiro atoms. The van der Waals surface area contributed by atoms with Gasteiger partial charge in [0.05, 0.1) is 0 Å². The van der Waals surface area contributed by atoms with Crippen LogP contribution in [0.15, 0.2) is 0 Å². The van der Waals surface area contributed by atoms with E-state index < -0.39 is 0 Å². The van der Waals surface area contributed by atoms with Crippen LogP contribution in [0.4, 0.5) is 0 Å². The molecule has 0 heterocycles. The number of carbonyl (C=O) groups excluding carboxylic acids is 2. The second-order valence-corrected chi connectivity index (χ2v) is 3.44. The third kappa shape index (κ3) is 8.12. The summed E-state index contributed by atoms with van der Waals surface area (Å²) < 4.78 is 0. The normalized spacial score (nSPS) is 10.3. The number of amides is 1. The average molecular weight is 214 g/mol. The summed E-state index contributed by atoms with van der Waals surface area (Å²) in [7, 11) is 0. The molecule has 0 saturated heterocycles. The van der Waals surface area contributed by atoms with Gasteiger partial charge >= 0.3 is 0 Å². The van der Waals surface area contributed by atoms with Crippen molar-refractivity contribution in [2.45, 2.75) is 33.1 Å². The van der Waals surface area contributed by atoms with Gasteiger partial charge in [0.1, 0.15) is 6.29 Å². The zero-order valence-corrected chi connectivity index (χ0v) is 9.79. The second kappa shape index (κ2) is 9.65. The van der Waals surface area contributed by atoms with E-state index in [1.807, 2.05) is 0 Å². The second-order valence-electron chi connectivity index (χ2n) is 3.44. The molecular weight excluding hydrogens is 192 g/mol.